The third-order valence-electron chi connectivity index (χ3n) is 2.68. The minimum atomic E-state index is -0.0335. The van der Waals surface area contributed by atoms with Crippen LogP contribution in [0.4, 0.5) is 5.69 Å². The van der Waals surface area contributed by atoms with Crippen LogP contribution in [-0.4, -0.2) is 15.2 Å². The van der Waals surface area contributed by atoms with E-state index in [9.17, 15) is 5.11 Å². The van der Waals surface area contributed by atoms with Crippen molar-refractivity contribution in [3.8, 4) is 17.2 Å². The van der Waals surface area contributed by atoms with Gasteiger partial charge in [-0.15, -0.1) is 11.3 Å². The Morgan fingerprint density at radius 3 is 2.95 bits per heavy atom. The third-order valence-corrected chi connectivity index (χ3v) is 3.55. The first-order valence-electron chi connectivity index (χ1n) is 5.67. The topological polar surface area (TPSA) is 85.2 Å². The Morgan fingerprint density at radius 2 is 2.16 bits per heavy atom. The van der Waals surface area contributed by atoms with E-state index in [0.717, 1.165) is 4.88 Å². The van der Waals surface area contributed by atoms with Gasteiger partial charge in [0.25, 0.3) is 5.89 Å². The Balaban J connectivity index is 1.91. The van der Waals surface area contributed by atoms with Crippen molar-refractivity contribution in [1.82, 2.24) is 10.1 Å². The molecule has 0 spiro atoms. The monoisotopic (exact) mass is 273 g/mol. The van der Waals surface area contributed by atoms with Crippen LogP contribution < -0.4 is 5.73 Å². The Morgan fingerprint density at radius 1 is 1.26 bits per heavy atom. The summed E-state index contributed by atoms with van der Waals surface area (Å²) < 4.78 is 5.16. The number of para-hydroxylation sites is 1. The smallest absolute Gasteiger partial charge is 0.261 e. The maximum absolute atomic E-state index is 9.87. The van der Waals surface area contributed by atoms with Crippen LogP contribution >= 0.6 is 11.3 Å². The molecule has 0 radical (unpaired) electrons. The van der Waals surface area contributed by atoms with Crippen LogP contribution in [0, 0.1) is 0 Å². The zero-order valence-electron chi connectivity index (χ0n) is 9.91. The molecule has 6 heteroatoms. The average molecular weight is 273 g/mol. The number of thiophene rings is 1. The Labute approximate surface area is 113 Å². The molecule has 0 aliphatic rings. The molecule has 0 aliphatic carbocycles. The largest absolute Gasteiger partial charge is 0.505 e. The second kappa shape index (κ2) is 4.74. The van der Waals surface area contributed by atoms with Gasteiger partial charge in [0.1, 0.15) is 0 Å². The fourth-order valence-electron chi connectivity index (χ4n) is 1.74. The van der Waals surface area contributed by atoms with Crippen molar-refractivity contribution >= 4 is 17.0 Å². The SMILES string of the molecule is Nc1cccc(-c2nc(Cc3cccs3)no2)c1O. The summed E-state index contributed by atoms with van der Waals surface area (Å²) in [5.74, 6) is 0.824. The number of phenolic OH excluding ortho intramolecular Hbond substituents is 1. The molecular weight excluding hydrogens is 262 g/mol. The van der Waals surface area contributed by atoms with Gasteiger partial charge in [-0.2, -0.15) is 4.98 Å². The first-order valence-corrected chi connectivity index (χ1v) is 6.55. The molecule has 0 bridgehead atoms. The fourth-order valence-corrected chi connectivity index (χ4v) is 2.44. The molecule has 2 heterocycles. The molecule has 96 valence electrons. The van der Waals surface area contributed by atoms with E-state index in [-0.39, 0.29) is 17.3 Å². The molecule has 0 fully saturated rings. The number of hydrogen-bond acceptors (Lipinski definition) is 6. The Kier molecular flexibility index (Phi) is 2.92. The number of benzene rings is 1. The quantitative estimate of drug-likeness (QED) is 0.566. The molecule has 1 aromatic carbocycles. The fraction of sp³-hybridized carbons (Fsp3) is 0.0769. The molecule has 0 atom stereocenters. The van der Waals surface area contributed by atoms with Gasteiger partial charge >= 0.3 is 0 Å². The minimum absolute atomic E-state index is 0.0335. The van der Waals surface area contributed by atoms with Crippen LogP contribution in [0.3, 0.4) is 0 Å². The maximum Gasteiger partial charge on any atom is 0.261 e. The molecule has 3 N–H and O–H groups in total. The van der Waals surface area contributed by atoms with Crippen LogP contribution in [0.15, 0.2) is 40.2 Å². The lowest BCUT2D eigenvalue weighted by atomic mass is 10.2. The van der Waals surface area contributed by atoms with Gasteiger partial charge in [0.05, 0.1) is 11.3 Å². The van der Waals surface area contributed by atoms with Crippen molar-refractivity contribution in [3.05, 3.63) is 46.4 Å². The molecule has 3 rings (SSSR count). The Bertz CT molecular complexity index is 692. The van der Waals surface area contributed by atoms with Gasteiger partial charge in [-0.25, -0.2) is 0 Å². The number of phenols is 1. The zero-order chi connectivity index (χ0) is 13.2. The van der Waals surface area contributed by atoms with Gasteiger partial charge in [-0.3, -0.25) is 0 Å². The highest BCUT2D eigenvalue weighted by Crippen LogP contribution is 2.32. The van der Waals surface area contributed by atoms with Crippen LogP contribution in [0.25, 0.3) is 11.5 Å². The number of aromatic nitrogens is 2. The molecule has 5 nitrogen and oxygen atoms in total. The normalized spacial score (nSPS) is 10.7. The van der Waals surface area contributed by atoms with E-state index in [1.165, 1.54) is 0 Å². The number of nitrogens with two attached hydrogens (primary N) is 1. The summed E-state index contributed by atoms with van der Waals surface area (Å²) in [5.41, 5.74) is 6.37. The first kappa shape index (κ1) is 11.7. The van der Waals surface area contributed by atoms with Crippen molar-refractivity contribution in [2.45, 2.75) is 6.42 Å². The lowest BCUT2D eigenvalue weighted by Crippen LogP contribution is -1.89. The molecule has 0 saturated carbocycles. The van der Waals surface area contributed by atoms with Crippen LogP contribution in [0.1, 0.15) is 10.7 Å². The van der Waals surface area contributed by atoms with Crippen molar-refractivity contribution in [2.24, 2.45) is 0 Å². The van der Waals surface area contributed by atoms with E-state index in [2.05, 4.69) is 10.1 Å². The van der Waals surface area contributed by atoms with Gasteiger partial charge in [0.15, 0.2) is 11.6 Å². The van der Waals surface area contributed by atoms with E-state index in [4.69, 9.17) is 10.3 Å². The third kappa shape index (κ3) is 2.30. The first-order chi connectivity index (χ1) is 9.24. The van der Waals surface area contributed by atoms with Crippen molar-refractivity contribution in [2.75, 3.05) is 5.73 Å². The van der Waals surface area contributed by atoms with E-state index < -0.39 is 0 Å². The maximum atomic E-state index is 9.87. The number of hydrogen-bond donors (Lipinski definition) is 2. The molecule has 0 unspecified atom stereocenters. The lowest BCUT2D eigenvalue weighted by Gasteiger charge is -2.01. The van der Waals surface area contributed by atoms with Crippen LogP contribution in [-0.2, 0) is 6.42 Å². The van der Waals surface area contributed by atoms with E-state index in [0.29, 0.717) is 17.8 Å². The molecule has 3 aromatic rings. The van der Waals surface area contributed by atoms with Crippen molar-refractivity contribution in [1.29, 1.82) is 0 Å². The molecule has 19 heavy (non-hydrogen) atoms. The standard InChI is InChI=1S/C13H11N3O2S/c14-10-5-1-4-9(12(10)17)13-15-11(16-18-13)7-8-3-2-6-19-8/h1-6,17H,7,14H2. The number of rotatable bonds is 3. The molecule has 0 saturated heterocycles. The van der Waals surface area contributed by atoms with Crippen LogP contribution in [0.2, 0.25) is 0 Å². The van der Waals surface area contributed by atoms with Crippen molar-refractivity contribution < 1.29 is 9.63 Å². The van der Waals surface area contributed by atoms with Gasteiger partial charge in [0, 0.05) is 11.3 Å². The second-order valence-electron chi connectivity index (χ2n) is 4.02. The summed E-state index contributed by atoms with van der Waals surface area (Å²) in [6.07, 6.45) is 0.615. The molecular formula is C13H11N3O2S. The summed E-state index contributed by atoms with van der Waals surface area (Å²) in [5, 5.41) is 15.8. The minimum Gasteiger partial charge on any atom is -0.505 e. The summed E-state index contributed by atoms with van der Waals surface area (Å²) in [4.78, 5) is 5.43. The number of nitrogen functional groups attached to an aromatic ring is 1. The molecule has 2 aromatic heterocycles. The molecule has 0 aliphatic heterocycles. The lowest BCUT2D eigenvalue weighted by molar-refractivity contribution is 0.419. The highest BCUT2D eigenvalue weighted by molar-refractivity contribution is 7.09. The van der Waals surface area contributed by atoms with Gasteiger partial charge < -0.3 is 15.4 Å². The van der Waals surface area contributed by atoms with Gasteiger partial charge in [-0.1, -0.05) is 17.3 Å². The van der Waals surface area contributed by atoms with Crippen LogP contribution in [0.5, 0.6) is 5.75 Å². The number of aromatic hydroxyl groups is 1. The van der Waals surface area contributed by atoms with E-state index in [1.807, 2.05) is 17.5 Å². The number of anilines is 1. The summed E-state index contributed by atoms with van der Waals surface area (Å²) in [6.45, 7) is 0. The van der Waals surface area contributed by atoms with E-state index >= 15 is 0 Å². The highest BCUT2D eigenvalue weighted by atomic mass is 32.1. The summed E-state index contributed by atoms with van der Waals surface area (Å²) in [7, 11) is 0. The highest BCUT2D eigenvalue weighted by Gasteiger charge is 2.14. The van der Waals surface area contributed by atoms with Gasteiger partial charge in [-0.05, 0) is 23.6 Å². The Hall–Kier alpha value is -2.34. The number of nitrogens with zero attached hydrogens (tertiary/aromatic N) is 2. The van der Waals surface area contributed by atoms with Crippen molar-refractivity contribution in [3.63, 3.8) is 0 Å². The summed E-state index contributed by atoms with van der Waals surface area (Å²) >= 11 is 1.64. The zero-order valence-corrected chi connectivity index (χ0v) is 10.7. The summed E-state index contributed by atoms with van der Waals surface area (Å²) in [6, 6.07) is 9.02. The van der Waals surface area contributed by atoms with E-state index in [1.54, 1.807) is 29.5 Å². The molecule has 0 amide bonds. The second-order valence-corrected chi connectivity index (χ2v) is 5.05. The predicted octanol–water partition coefficient (Wildman–Crippen LogP) is 2.68. The average Bonchev–Trinajstić information content (AvgIpc) is 3.05. The predicted molar refractivity (Wildman–Crippen MR) is 72.9 cm³/mol. The van der Waals surface area contributed by atoms with Gasteiger partial charge in [0.2, 0.25) is 0 Å².